The van der Waals surface area contributed by atoms with Crippen LogP contribution in [0.3, 0.4) is 0 Å². The van der Waals surface area contributed by atoms with E-state index >= 15 is 0 Å². The average molecular weight is 1990 g/mol. The summed E-state index contributed by atoms with van der Waals surface area (Å²) in [5, 5.41) is 80.9. The van der Waals surface area contributed by atoms with Gasteiger partial charge in [0.05, 0.1) is 76.8 Å². The standard InChI is InChI=1S/C33H49P.C21H22BN5O5.C21H20BrN5O3.C12H9N.C5H10O.C2H6O2.CH4O3S.B2H4O4.Pd/c1-23(2)26-21-30(24(3)4)33(31(22-26)25(5)6)29-19-13-14-20-32(29)34(27-15-9-7-10-16-27)28-17-11-8-12-18-28;23-18(28)15-2-1-5-24-20(15)32-14-8-21(9-14)6-13(7-21)26-19(29)16-10-25-27-11-12(22(30)31)3-4-17(16)27;22-12-3-4-17-16(10-25-27(17)11-12)19(29)26-13-6-21(7-13)8-14(9-21)30-20-15(18(23)28)2-1-5-24-20;13-12-9-5-4-8-11(12)10-6-2-1-3-7-10;1-5-3-2-4-6-5;3-1-2-4;1-5(2,3)4;3-1(4)2(5)6;/h13-14,19-25,27-28H,7-12,15-18H2,1-6H3;1-5,10-11,13-14,30-31H,6-9H2,(H2,23,28)(H,26,29);1-5,10-11,13-14H,6-9H2,(H2,23,28)(H,26,29);1-6,8-9,13H;5H,2-4H2,1H3;3-4H,1-2H2;1H3,(H,2,3,4);3-6H;/q;;;-2;;;;;+2/p+1. The number of fused-ring (bicyclic) bond motifs is 2. The van der Waals surface area contributed by atoms with Crippen LogP contribution in [0.4, 0.5) is 5.69 Å². The van der Waals surface area contributed by atoms with Gasteiger partial charge in [-0.2, -0.15) is 24.3 Å². The third-order valence-electron chi connectivity index (χ3n) is 24.6. The first-order chi connectivity index (χ1) is 62.0. The Morgan fingerprint density at radius 2 is 1.05 bits per heavy atom. The number of ether oxygens (including phenoxy) is 3. The van der Waals surface area contributed by atoms with Crippen molar-refractivity contribution in [1.82, 2.24) is 39.8 Å². The van der Waals surface area contributed by atoms with Crippen molar-refractivity contribution < 1.29 is 107 Å². The zero-order valence-corrected chi connectivity index (χ0v) is 80.5. The minimum Gasteiger partial charge on any atom is -0.706 e. The molecule has 6 saturated carbocycles. The molecule has 1 unspecified atom stereocenters. The van der Waals surface area contributed by atoms with Crippen molar-refractivity contribution in [2.24, 2.45) is 22.3 Å². The molecule has 10 aromatic rings. The van der Waals surface area contributed by atoms with Crippen LogP contribution < -0.4 is 42.3 Å². The molecule has 0 radical (unpaired) electrons. The van der Waals surface area contributed by atoms with Crippen LogP contribution in [-0.2, 0) is 35.3 Å². The van der Waals surface area contributed by atoms with Gasteiger partial charge in [-0.1, -0.05) is 115 Å². The fraction of sp³-hybridized carbons (Fsp3) is 0.453. The molecule has 7 fully saturated rings. The number of pyridine rings is 4. The van der Waals surface area contributed by atoms with Gasteiger partial charge in [0.1, 0.15) is 23.3 Å². The van der Waals surface area contributed by atoms with Gasteiger partial charge < -0.3 is 82.4 Å². The van der Waals surface area contributed by atoms with E-state index in [0.29, 0.717) is 69.4 Å². The summed E-state index contributed by atoms with van der Waals surface area (Å²) in [7, 11) is -9.95. The van der Waals surface area contributed by atoms with E-state index in [2.05, 4.69) is 138 Å². The summed E-state index contributed by atoms with van der Waals surface area (Å²) >= 11 is 3.40. The van der Waals surface area contributed by atoms with Crippen molar-refractivity contribution in [3.63, 3.8) is 0 Å². The number of hydrogen-bond donors (Lipinski definition) is 13. The largest absolute Gasteiger partial charge is 2.00 e. The van der Waals surface area contributed by atoms with Crippen LogP contribution in [0.5, 0.6) is 11.8 Å². The second-order valence-electron chi connectivity index (χ2n) is 35.7. The number of carbonyl (C=O) groups is 4. The van der Waals surface area contributed by atoms with E-state index < -0.39 is 51.0 Å². The monoisotopic (exact) mass is 1990 g/mol. The van der Waals surface area contributed by atoms with Crippen molar-refractivity contribution >= 4 is 106 Å². The maximum atomic E-state index is 12.7. The second-order valence-corrected chi connectivity index (χ2v) is 41.2. The fourth-order valence-electron chi connectivity index (χ4n) is 18.3. The van der Waals surface area contributed by atoms with E-state index in [-0.39, 0.29) is 92.0 Å². The zero-order chi connectivity index (χ0) is 94.2. The van der Waals surface area contributed by atoms with Gasteiger partial charge in [-0.15, -0.1) is 41.5 Å². The van der Waals surface area contributed by atoms with Gasteiger partial charge in [0.25, 0.3) is 33.7 Å². The fourth-order valence-corrected chi connectivity index (χ4v) is 23.0. The maximum Gasteiger partial charge on any atom is 2.00 e. The van der Waals surface area contributed by atoms with E-state index in [1.54, 1.807) is 93.1 Å². The number of nitrogens with two attached hydrogens (primary N) is 2. The normalized spacial score (nSPS) is 19.9. The number of rotatable bonds is 21. The first kappa shape index (κ1) is 106. The molecule has 6 aromatic heterocycles. The van der Waals surface area contributed by atoms with E-state index in [4.69, 9.17) is 66.3 Å². The Morgan fingerprint density at radius 3 is 1.44 bits per heavy atom. The molecule has 1 saturated heterocycles. The Balaban J connectivity index is 0.000000187. The summed E-state index contributed by atoms with van der Waals surface area (Å²) in [5.41, 5.74) is 34.3. The molecule has 17 rings (SSSR count). The molecule has 1 aliphatic heterocycles. The van der Waals surface area contributed by atoms with E-state index in [0.717, 1.165) is 90.4 Å². The summed E-state index contributed by atoms with van der Waals surface area (Å²) in [5.74, 6) is 0.816. The number of hydrogen-bond acceptors (Lipinski definition) is 21. The summed E-state index contributed by atoms with van der Waals surface area (Å²) in [4.78, 5) is 56.7. The first-order valence-corrected chi connectivity index (χ1v) is 49.1. The van der Waals surface area contributed by atoms with Gasteiger partial charge in [-0.3, -0.25) is 23.7 Å². The Hall–Kier alpha value is -8.84. The van der Waals surface area contributed by atoms with Crippen molar-refractivity contribution in [3.8, 4) is 34.0 Å². The maximum absolute atomic E-state index is 12.7. The molecule has 131 heavy (non-hydrogen) atoms. The predicted octanol–water partition coefficient (Wildman–Crippen LogP) is 13.1. The van der Waals surface area contributed by atoms with Gasteiger partial charge in [0.15, 0.2) is 0 Å². The Kier molecular flexibility index (Phi) is 40.4. The minimum absolute atomic E-state index is 0. The molecule has 2 spiro atoms. The van der Waals surface area contributed by atoms with E-state index in [9.17, 15) is 37.6 Å². The number of carbonyl (C=O) groups excluding carboxylic acids is 4. The Morgan fingerprint density at radius 1 is 0.595 bits per heavy atom. The summed E-state index contributed by atoms with van der Waals surface area (Å²) in [6.07, 6.45) is 35.1. The molecule has 704 valence electrons. The number of benzene rings is 4. The molecule has 0 bridgehead atoms. The summed E-state index contributed by atoms with van der Waals surface area (Å²) in [6.45, 7) is 17.2. The van der Waals surface area contributed by atoms with Gasteiger partial charge in [0, 0.05) is 66.9 Å². The second kappa shape index (κ2) is 49.9. The summed E-state index contributed by atoms with van der Waals surface area (Å²) < 4.78 is 46.8. The SMILES string of the molecule is CC(C)c1cc(C(C)C)c(-c2ccccc2[PH+](C2CCCCC2)C2CCCCC2)c(C(C)C)c1.CC1CCCO1.CS(=O)(=O)O.NC(=O)c1cccnc1OC1CC2(CC(NC(=O)c3cnn4cc(B(O)O)ccc34)C2)C1.NC(=O)c1cccnc1OC1CC2(CC(NC(=O)c3cnn4cc(Br)ccc34)C2)C1.OB(O)B(O)O.OCCO.[NH-]c1ccccc1-c1[c-]cccc1.[Pd+2]. The minimum atomic E-state index is -3.67. The van der Waals surface area contributed by atoms with Crippen molar-refractivity contribution in [3.05, 3.63) is 226 Å². The van der Waals surface area contributed by atoms with Crippen LogP contribution in [0.1, 0.15) is 253 Å². The van der Waals surface area contributed by atoms with Crippen molar-refractivity contribution in [2.75, 3.05) is 26.1 Å². The van der Waals surface area contributed by atoms with Gasteiger partial charge in [-0.25, -0.2) is 19.0 Å². The van der Waals surface area contributed by atoms with Crippen LogP contribution in [0.15, 0.2) is 175 Å². The van der Waals surface area contributed by atoms with Gasteiger partial charge in [-0.05, 0) is 238 Å². The quantitative estimate of drug-likeness (QED) is 0.0137. The number of nitrogens with zero attached hydrogens (tertiary/aromatic N) is 6. The Bertz CT molecular complexity index is 5410. The number of aromatic nitrogens is 6. The number of aliphatic hydroxyl groups excluding tert-OH is 2. The van der Waals surface area contributed by atoms with Crippen LogP contribution in [-0.4, -0.2) is 195 Å². The van der Waals surface area contributed by atoms with Crippen molar-refractivity contribution in [1.29, 1.82) is 0 Å². The molecule has 6 aliphatic carbocycles. The van der Waals surface area contributed by atoms with E-state index in [1.165, 1.54) is 99.5 Å². The summed E-state index contributed by atoms with van der Waals surface area (Å²) in [6, 6.07) is 47.0. The number of amides is 4. The van der Waals surface area contributed by atoms with Crippen LogP contribution in [0, 0.1) is 16.9 Å². The van der Waals surface area contributed by atoms with E-state index in [1.807, 2.05) is 60.8 Å². The third kappa shape index (κ3) is 30.1. The molecule has 1 atom stereocenters. The Labute approximate surface area is 792 Å². The smallest absolute Gasteiger partial charge is 0.706 e. The number of primary amides is 2. The molecule has 36 heteroatoms. The molecular weight excluding hydrogens is 1860 g/mol. The molecule has 4 amide bonds. The average Bonchev–Trinajstić information content (AvgIpc) is 1.16. The molecular formula is C95H125B3BrN11O18PPdS+. The number of aliphatic hydroxyl groups is 2. The van der Waals surface area contributed by atoms with Crippen molar-refractivity contribution in [2.45, 2.75) is 236 Å². The first-order valence-electron chi connectivity index (χ1n) is 44.8. The number of halogens is 1. The number of nitrogens with one attached hydrogen (secondary N) is 3. The molecule has 29 nitrogen and oxygen atoms in total. The third-order valence-corrected chi connectivity index (χ3v) is 29.1. The van der Waals surface area contributed by atoms with Gasteiger partial charge in [0.2, 0.25) is 11.8 Å². The molecule has 7 aliphatic rings. The topological polar surface area (TPSA) is 472 Å². The van der Waals surface area contributed by atoms with Crippen LogP contribution >= 0.6 is 23.9 Å². The van der Waals surface area contributed by atoms with Gasteiger partial charge >= 0.3 is 41.6 Å². The zero-order valence-electron chi connectivity index (χ0n) is 75.6. The molecule has 16 N–H and O–H groups in total. The van der Waals surface area contributed by atoms with Crippen LogP contribution in [0.25, 0.3) is 39.0 Å². The predicted molar refractivity (Wildman–Crippen MR) is 514 cm³/mol. The molecule has 7 heterocycles. The molecule has 4 aromatic carbocycles. The van der Waals surface area contributed by atoms with Crippen LogP contribution in [0.2, 0.25) is 0 Å².